The molecule has 110 valence electrons. The molecule has 0 saturated carbocycles. The van der Waals surface area contributed by atoms with Crippen LogP contribution in [0, 0.1) is 0 Å². The van der Waals surface area contributed by atoms with E-state index in [1.54, 1.807) is 28.9 Å². The van der Waals surface area contributed by atoms with Crippen molar-refractivity contribution < 1.29 is 4.79 Å². The fourth-order valence-electron chi connectivity index (χ4n) is 2.08. The third-order valence-electron chi connectivity index (χ3n) is 3.18. The van der Waals surface area contributed by atoms with Crippen LogP contribution < -0.4 is 5.32 Å². The lowest BCUT2D eigenvalue weighted by Gasteiger charge is -2.04. The molecule has 0 fully saturated rings. The second kappa shape index (κ2) is 6.45. The quantitative estimate of drug-likeness (QED) is 0.802. The zero-order chi connectivity index (χ0) is 15.4. The van der Waals surface area contributed by atoms with Crippen molar-refractivity contribution >= 4 is 17.5 Å². The summed E-state index contributed by atoms with van der Waals surface area (Å²) in [6, 6.07) is 18.5. The van der Waals surface area contributed by atoms with Crippen molar-refractivity contribution in [2.75, 3.05) is 0 Å². The van der Waals surface area contributed by atoms with Gasteiger partial charge in [0, 0.05) is 16.8 Å². The third-order valence-corrected chi connectivity index (χ3v) is 3.42. The Hall–Kier alpha value is -2.59. The van der Waals surface area contributed by atoms with E-state index >= 15 is 0 Å². The van der Waals surface area contributed by atoms with Crippen LogP contribution in [0.1, 0.15) is 16.1 Å². The molecule has 0 atom stereocenters. The minimum atomic E-state index is -0.170. The smallest absolute Gasteiger partial charge is 0.251 e. The second-order valence-corrected chi connectivity index (χ2v) is 5.22. The molecule has 1 heterocycles. The lowest BCUT2D eigenvalue weighted by Crippen LogP contribution is -2.23. The van der Waals surface area contributed by atoms with Gasteiger partial charge in [-0.25, -0.2) is 4.68 Å². The largest absolute Gasteiger partial charge is 0.346 e. The van der Waals surface area contributed by atoms with Crippen LogP contribution in [0.25, 0.3) is 5.69 Å². The van der Waals surface area contributed by atoms with E-state index in [1.807, 2.05) is 42.6 Å². The molecule has 22 heavy (non-hydrogen) atoms. The van der Waals surface area contributed by atoms with Gasteiger partial charge < -0.3 is 5.32 Å². The van der Waals surface area contributed by atoms with Crippen LogP contribution in [-0.2, 0) is 6.54 Å². The van der Waals surface area contributed by atoms with Crippen molar-refractivity contribution in [3.63, 3.8) is 0 Å². The van der Waals surface area contributed by atoms with E-state index < -0.39 is 0 Å². The molecule has 0 radical (unpaired) electrons. The van der Waals surface area contributed by atoms with Crippen LogP contribution in [0.2, 0.25) is 5.02 Å². The van der Waals surface area contributed by atoms with Crippen LogP contribution in [-0.4, -0.2) is 15.7 Å². The number of aromatic nitrogens is 2. The van der Waals surface area contributed by atoms with Crippen molar-refractivity contribution in [1.29, 1.82) is 0 Å². The maximum absolute atomic E-state index is 12.0. The fourth-order valence-corrected chi connectivity index (χ4v) is 2.27. The van der Waals surface area contributed by atoms with Gasteiger partial charge in [0.2, 0.25) is 0 Å². The van der Waals surface area contributed by atoms with Gasteiger partial charge in [-0.2, -0.15) is 5.10 Å². The van der Waals surface area contributed by atoms with Crippen molar-refractivity contribution in [3.05, 3.63) is 83.1 Å². The van der Waals surface area contributed by atoms with Gasteiger partial charge in [0.15, 0.2) is 0 Å². The first-order chi connectivity index (χ1) is 10.7. The van der Waals surface area contributed by atoms with E-state index in [1.165, 1.54) is 0 Å². The average molecular weight is 312 g/mol. The number of halogens is 1. The van der Waals surface area contributed by atoms with Crippen molar-refractivity contribution in [1.82, 2.24) is 15.1 Å². The minimum absolute atomic E-state index is 0.170. The topological polar surface area (TPSA) is 46.9 Å². The Kier molecular flexibility index (Phi) is 4.21. The number of nitrogens with zero attached hydrogens (tertiary/aromatic N) is 2. The highest BCUT2D eigenvalue weighted by Crippen LogP contribution is 2.11. The molecule has 3 rings (SSSR count). The summed E-state index contributed by atoms with van der Waals surface area (Å²) in [5.41, 5.74) is 2.31. The molecule has 2 aromatic carbocycles. The van der Waals surface area contributed by atoms with Crippen LogP contribution in [0.4, 0.5) is 0 Å². The number of amides is 1. The summed E-state index contributed by atoms with van der Waals surface area (Å²) in [5, 5.41) is 7.82. The minimum Gasteiger partial charge on any atom is -0.346 e. The molecule has 5 heteroatoms. The third kappa shape index (κ3) is 3.35. The van der Waals surface area contributed by atoms with E-state index in [-0.39, 0.29) is 5.91 Å². The van der Waals surface area contributed by atoms with E-state index in [0.717, 1.165) is 11.4 Å². The number of para-hydroxylation sites is 1. The van der Waals surface area contributed by atoms with Crippen molar-refractivity contribution in [2.45, 2.75) is 6.54 Å². The van der Waals surface area contributed by atoms with Gasteiger partial charge in [0.05, 0.1) is 17.9 Å². The number of hydrogen-bond donors (Lipinski definition) is 1. The van der Waals surface area contributed by atoms with Gasteiger partial charge in [-0.1, -0.05) is 35.9 Å². The first kappa shape index (κ1) is 14.4. The van der Waals surface area contributed by atoms with E-state index in [4.69, 9.17) is 11.6 Å². The standard InChI is InChI=1S/C17H14ClN3O/c18-14-6-4-5-13(11-14)17(22)19-12-15-9-10-21(20-15)16-7-2-1-3-8-16/h1-11H,12H2,(H,19,22). The number of hydrogen-bond acceptors (Lipinski definition) is 2. The maximum atomic E-state index is 12.0. The summed E-state index contributed by atoms with van der Waals surface area (Å²) in [6.45, 7) is 0.366. The number of rotatable bonds is 4. The lowest BCUT2D eigenvalue weighted by molar-refractivity contribution is 0.0950. The SMILES string of the molecule is O=C(NCc1ccn(-c2ccccc2)n1)c1cccc(Cl)c1. The van der Waals surface area contributed by atoms with E-state index in [9.17, 15) is 4.79 Å². The monoisotopic (exact) mass is 311 g/mol. The molecule has 0 aliphatic carbocycles. The molecule has 0 bridgehead atoms. The molecule has 0 spiro atoms. The molecule has 0 unspecified atom stereocenters. The Morgan fingerprint density at radius 3 is 2.68 bits per heavy atom. The highest BCUT2D eigenvalue weighted by molar-refractivity contribution is 6.30. The van der Waals surface area contributed by atoms with Gasteiger partial charge >= 0.3 is 0 Å². The Morgan fingerprint density at radius 2 is 1.91 bits per heavy atom. The van der Waals surface area contributed by atoms with Gasteiger partial charge in [0.1, 0.15) is 0 Å². The molecule has 1 aromatic heterocycles. The Morgan fingerprint density at radius 1 is 1.09 bits per heavy atom. The van der Waals surface area contributed by atoms with Gasteiger partial charge in [-0.3, -0.25) is 4.79 Å². The summed E-state index contributed by atoms with van der Waals surface area (Å²) < 4.78 is 1.78. The second-order valence-electron chi connectivity index (χ2n) is 4.78. The zero-order valence-corrected chi connectivity index (χ0v) is 12.5. The Labute approximate surface area is 133 Å². The summed E-state index contributed by atoms with van der Waals surface area (Å²) in [6.07, 6.45) is 1.87. The first-order valence-electron chi connectivity index (χ1n) is 6.86. The molecule has 1 amide bonds. The summed E-state index contributed by atoms with van der Waals surface area (Å²) in [7, 11) is 0. The van der Waals surface area contributed by atoms with Crippen LogP contribution >= 0.6 is 11.6 Å². The Balaban J connectivity index is 1.65. The van der Waals surface area contributed by atoms with Gasteiger partial charge in [-0.15, -0.1) is 0 Å². The zero-order valence-electron chi connectivity index (χ0n) is 11.7. The molecular weight excluding hydrogens is 298 g/mol. The molecule has 0 aliphatic heterocycles. The summed E-state index contributed by atoms with van der Waals surface area (Å²) in [4.78, 5) is 12.0. The van der Waals surface area contributed by atoms with E-state index in [0.29, 0.717) is 17.1 Å². The van der Waals surface area contributed by atoms with Crippen LogP contribution in [0.15, 0.2) is 66.9 Å². The molecule has 1 N–H and O–H groups in total. The van der Waals surface area contributed by atoms with Crippen molar-refractivity contribution in [3.8, 4) is 5.69 Å². The number of carbonyl (C=O) groups excluding carboxylic acids is 1. The van der Waals surface area contributed by atoms with Gasteiger partial charge in [-0.05, 0) is 36.4 Å². The molecule has 0 aliphatic rings. The first-order valence-corrected chi connectivity index (χ1v) is 7.24. The van der Waals surface area contributed by atoms with Gasteiger partial charge in [0.25, 0.3) is 5.91 Å². The lowest BCUT2D eigenvalue weighted by atomic mass is 10.2. The van der Waals surface area contributed by atoms with Crippen molar-refractivity contribution in [2.24, 2.45) is 0 Å². The van der Waals surface area contributed by atoms with E-state index in [2.05, 4.69) is 10.4 Å². The summed E-state index contributed by atoms with van der Waals surface area (Å²) in [5.74, 6) is -0.170. The normalized spacial score (nSPS) is 10.4. The fraction of sp³-hybridized carbons (Fsp3) is 0.0588. The average Bonchev–Trinajstić information content (AvgIpc) is 3.02. The number of carbonyl (C=O) groups is 1. The predicted octanol–water partition coefficient (Wildman–Crippen LogP) is 3.46. The maximum Gasteiger partial charge on any atom is 0.251 e. The molecule has 3 aromatic rings. The highest BCUT2D eigenvalue weighted by Gasteiger charge is 2.07. The number of nitrogens with one attached hydrogen (secondary N) is 1. The molecular formula is C17H14ClN3O. The summed E-state index contributed by atoms with van der Waals surface area (Å²) >= 11 is 5.88. The van der Waals surface area contributed by atoms with Crippen LogP contribution in [0.5, 0.6) is 0 Å². The molecule has 0 saturated heterocycles. The number of benzene rings is 2. The Bertz CT molecular complexity index is 783. The highest BCUT2D eigenvalue weighted by atomic mass is 35.5. The predicted molar refractivity (Wildman–Crippen MR) is 86.2 cm³/mol. The molecule has 4 nitrogen and oxygen atoms in total. The van der Waals surface area contributed by atoms with Crippen LogP contribution in [0.3, 0.4) is 0 Å².